The van der Waals surface area contributed by atoms with Gasteiger partial charge >= 0.3 is 0 Å². The molecule has 2 aromatic carbocycles. The van der Waals surface area contributed by atoms with E-state index in [1.165, 1.54) is 12.4 Å². The number of piperidine rings is 1. The Morgan fingerprint density at radius 1 is 0.974 bits per heavy atom. The number of rotatable bonds is 8. The number of carbonyl (C=O) groups is 1. The van der Waals surface area contributed by atoms with Crippen LogP contribution in [0.15, 0.2) is 84.1 Å². The number of nitrogens with one attached hydrogen (secondary N) is 1. The summed E-state index contributed by atoms with van der Waals surface area (Å²) in [6, 6.07) is 18.6. The van der Waals surface area contributed by atoms with E-state index in [1.807, 2.05) is 53.4 Å². The second kappa shape index (κ2) is 9.75. The van der Waals surface area contributed by atoms with Crippen LogP contribution in [0.3, 0.4) is 0 Å². The van der Waals surface area contributed by atoms with Gasteiger partial charge in [-0.1, -0.05) is 36.4 Å². The molecule has 2 aliphatic rings. The smallest absolute Gasteiger partial charge is 0.277 e. The van der Waals surface area contributed by atoms with Crippen LogP contribution in [0.25, 0.3) is 10.8 Å². The van der Waals surface area contributed by atoms with Crippen molar-refractivity contribution in [1.82, 2.24) is 24.7 Å². The summed E-state index contributed by atoms with van der Waals surface area (Å²) in [6.45, 7) is 1.58. The summed E-state index contributed by atoms with van der Waals surface area (Å²) in [5.41, 5.74) is 2.56. The number of amides is 1. The van der Waals surface area contributed by atoms with Gasteiger partial charge < -0.3 is 4.90 Å². The Bertz CT molecular complexity index is 1570. The van der Waals surface area contributed by atoms with Crippen molar-refractivity contribution in [2.45, 2.75) is 17.4 Å². The largest absolute Gasteiger partial charge is 0.340 e. The number of benzene rings is 2. The van der Waals surface area contributed by atoms with Crippen molar-refractivity contribution < 1.29 is 18.4 Å². The molecule has 0 bridgehead atoms. The minimum atomic E-state index is -3.75. The monoisotopic (exact) mass is 530 g/mol. The summed E-state index contributed by atoms with van der Waals surface area (Å²) < 4.78 is 29.7. The molecule has 1 amide bonds. The molecule has 0 radical (unpaired) electrons. The molecule has 1 saturated heterocycles. The number of aromatic nitrogens is 3. The van der Waals surface area contributed by atoms with Gasteiger partial charge in [-0.05, 0) is 46.9 Å². The van der Waals surface area contributed by atoms with Gasteiger partial charge in [0.2, 0.25) is 16.0 Å². The Morgan fingerprint density at radius 2 is 1.68 bits per heavy atom. The van der Waals surface area contributed by atoms with Crippen LogP contribution in [-0.2, 0) is 16.4 Å². The number of hydrogen-bond donors (Lipinski definition) is 2. The molecular weight excluding hydrogens is 504 g/mol. The van der Waals surface area contributed by atoms with Gasteiger partial charge in [0.15, 0.2) is 0 Å². The van der Waals surface area contributed by atoms with Gasteiger partial charge in [-0.25, -0.2) is 23.9 Å². The molecule has 11 heteroatoms. The van der Waals surface area contributed by atoms with E-state index < -0.39 is 15.9 Å². The Morgan fingerprint density at radius 3 is 2.37 bits per heavy atom. The lowest BCUT2D eigenvalue weighted by molar-refractivity contribution is 0.0705. The molecule has 1 aliphatic heterocycles. The van der Waals surface area contributed by atoms with Crippen LogP contribution in [0, 0.1) is 11.8 Å². The summed E-state index contributed by atoms with van der Waals surface area (Å²) >= 11 is 0. The maximum atomic E-state index is 14.0. The van der Waals surface area contributed by atoms with Crippen LogP contribution in [-0.4, -0.2) is 64.5 Å². The highest BCUT2D eigenvalue weighted by atomic mass is 32.2. The van der Waals surface area contributed by atoms with Gasteiger partial charge in [0.1, 0.15) is 0 Å². The maximum Gasteiger partial charge on any atom is 0.277 e. The number of pyridine rings is 1. The second-order valence-corrected chi connectivity index (χ2v) is 11.5. The topological polar surface area (TPSA) is 129 Å². The van der Waals surface area contributed by atoms with Crippen LogP contribution < -0.4 is 10.4 Å². The first-order valence-corrected chi connectivity index (χ1v) is 13.8. The Labute approximate surface area is 220 Å². The molecule has 4 aromatic rings. The average Bonchev–Trinajstić information content (AvgIpc) is 3.42. The van der Waals surface area contributed by atoms with Crippen molar-refractivity contribution in [3.8, 4) is 0 Å². The number of nitrogens with zero attached hydrogens (tertiary/aromatic N) is 5. The van der Waals surface area contributed by atoms with Crippen LogP contribution in [0.1, 0.15) is 16.1 Å². The Kier molecular flexibility index (Phi) is 6.26. The number of hydrogen-bond acceptors (Lipinski definition) is 8. The van der Waals surface area contributed by atoms with E-state index in [1.54, 1.807) is 28.1 Å². The molecule has 2 N–H and O–H groups in total. The normalized spacial score (nSPS) is 20.5. The molecule has 2 fully saturated rings. The first-order valence-electron chi connectivity index (χ1n) is 12.4. The molecule has 2 atom stereocenters. The molecule has 194 valence electrons. The third-order valence-electron chi connectivity index (χ3n) is 7.41. The molecule has 10 nitrogen and oxygen atoms in total. The lowest BCUT2D eigenvalue weighted by atomic mass is 10.1. The van der Waals surface area contributed by atoms with E-state index in [0.29, 0.717) is 36.9 Å². The maximum absolute atomic E-state index is 14.0. The van der Waals surface area contributed by atoms with Gasteiger partial charge in [0.05, 0.1) is 10.5 Å². The molecule has 2 unspecified atom stereocenters. The quantitative estimate of drug-likeness (QED) is 0.263. The molecule has 3 heterocycles. The molecule has 6 rings (SSSR count). The predicted molar refractivity (Wildman–Crippen MR) is 140 cm³/mol. The van der Waals surface area contributed by atoms with Crippen molar-refractivity contribution >= 4 is 32.7 Å². The first-order chi connectivity index (χ1) is 18.5. The SMILES string of the molecule is O=C(NO)c1cnc(N2CC3C(C2)C3N(CCc2ccccn2)S(=O)(=O)c2ccc3ccccc3c2)nc1. The zero-order valence-electron chi connectivity index (χ0n) is 20.4. The van der Waals surface area contributed by atoms with Gasteiger partial charge in [-0.3, -0.25) is 15.0 Å². The third kappa shape index (κ3) is 4.49. The van der Waals surface area contributed by atoms with Crippen molar-refractivity contribution in [2.75, 3.05) is 24.5 Å². The van der Waals surface area contributed by atoms with Gasteiger partial charge in [0, 0.05) is 56.4 Å². The van der Waals surface area contributed by atoms with Crippen LogP contribution in [0.2, 0.25) is 0 Å². The third-order valence-corrected chi connectivity index (χ3v) is 9.30. The first kappa shape index (κ1) is 24.4. The van der Waals surface area contributed by atoms with Gasteiger partial charge in [-0.2, -0.15) is 4.31 Å². The fourth-order valence-corrected chi connectivity index (χ4v) is 7.17. The van der Waals surface area contributed by atoms with E-state index in [0.717, 1.165) is 16.5 Å². The lowest BCUT2D eigenvalue weighted by Crippen LogP contribution is -2.40. The lowest BCUT2D eigenvalue weighted by Gasteiger charge is -2.27. The number of anilines is 1. The van der Waals surface area contributed by atoms with Crippen LogP contribution >= 0.6 is 0 Å². The van der Waals surface area contributed by atoms with Crippen LogP contribution in [0.5, 0.6) is 0 Å². The number of sulfonamides is 1. The van der Waals surface area contributed by atoms with E-state index in [2.05, 4.69) is 15.0 Å². The molecule has 38 heavy (non-hydrogen) atoms. The fourth-order valence-electron chi connectivity index (χ4n) is 5.42. The standard InChI is InChI=1S/C27H26N6O4S/c34-26(31-35)20-14-29-27(30-15-20)32-16-23-24(17-32)25(23)33(12-10-21-7-3-4-11-28-21)38(36,37)22-9-8-18-5-1-2-6-19(18)13-22/h1-9,11,13-15,23-25,35H,10,12,16-17H2,(H,31,34). The summed E-state index contributed by atoms with van der Waals surface area (Å²) in [5, 5.41) is 10.7. The highest BCUT2D eigenvalue weighted by molar-refractivity contribution is 7.89. The minimum Gasteiger partial charge on any atom is -0.340 e. The van der Waals surface area contributed by atoms with Gasteiger partial charge in [-0.15, -0.1) is 0 Å². The Hall–Kier alpha value is -3.93. The zero-order valence-corrected chi connectivity index (χ0v) is 21.2. The van der Waals surface area contributed by atoms with Crippen molar-refractivity contribution in [2.24, 2.45) is 11.8 Å². The number of hydroxylamine groups is 1. The minimum absolute atomic E-state index is 0.120. The average molecular weight is 531 g/mol. The zero-order chi connectivity index (χ0) is 26.3. The highest BCUT2D eigenvalue weighted by Crippen LogP contribution is 2.51. The highest BCUT2D eigenvalue weighted by Gasteiger charge is 2.61. The summed E-state index contributed by atoms with van der Waals surface area (Å²) in [7, 11) is -3.75. The van der Waals surface area contributed by atoms with E-state index in [9.17, 15) is 13.2 Å². The van der Waals surface area contributed by atoms with E-state index >= 15 is 0 Å². The van der Waals surface area contributed by atoms with E-state index in [4.69, 9.17) is 5.21 Å². The number of carbonyl (C=O) groups excluding carboxylic acids is 1. The second-order valence-electron chi connectivity index (χ2n) is 9.63. The molecule has 1 aliphatic carbocycles. The van der Waals surface area contributed by atoms with Crippen LogP contribution in [0.4, 0.5) is 5.95 Å². The predicted octanol–water partition coefficient (Wildman–Crippen LogP) is 2.51. The van der Waals surface area contributed by atoms with E-state index in [-0.39, 0.29) is 23.4 Å². The van der Waals surface area contributed by atoms with Crippen molar-refractivity contribution in [3.63, 3.8) is 0 Å². The molecule has 2 aromatic heterocycles. The summed E-state index contributed by atoms with van der Waals surface area (Å²) in [4.78, 5) is 26.7. The van der Waals surface area contributed by atoms with Crippen molar-refractivity contribution in [3.05, 3.63) is 90.5 Å². The van der Waals surface area contributed by atoms with Crippen molar-refractivity contribution in [1.29, 1.82) is 0 Å². The summed E-state index contributed by atoms with van der Waals surface area (Å²) in [6.07, 6.45) is 4.96. The van der Waals surface area contributed by atoms with Gasteiger partial charge in [0.25, 0.3) is 5.91 Å². The Balaban J connectivity index is 1.24. The summed E-state index contributed by atoms with van der Waals surface area (Å²) in [5.74, 6) is 0.0992. The molecule has 1 saturated carbocycles. The molecular formula is C27H26N6O4S. The fraction of sp³-hybridized carbons (Fsp3) is 0.259. The molecule has 0 spiro atoms. The number of fused-ring (bicyclic) bond motifs is 2.